The van der Waals surface area contributed by atoms with Gasteiger partial charge in [0.05, 0.1) is 0 Å². The van der Waals surface area contributed by atoms with E-state index in [-0.39, 0.29) is 5.91 Å². The molecule has 22 heavy (non-hydrogen) atoms. The van der Waals surface area contributed by atoms with Crippen molar-refractivity contribution in [2.45, 2.75) is 20.0 Å². The summed E-state index contributed by atoms with van der Waals surface area (Å²) in [5.74, 6) is 0.351. The topological polar surface area (TPSA) is 62.4 Å². The number of thiocarbonyl (C=S) groups is 1. The minimum atomic E-state index is -0.641. The Hall–Kier alpha value is -2.34. The minimum Gasteiger partial charge on any atom is -0.481 e. The number of hydrogen-bond donors (Lipinski definition) is 3. The molecular weight excluding hydrogens is 298 g/mol. The Bertz CT molecular complexity index is 675. The number of carbonyl (C=O) groups is 1. The predicted molar refractivity (Wildman–Crippen MR) is 91.6 cm³/mol. The molecule has 0 heterocycles. The Morgan fingerprint density at radius 1 is 1.18 bits per heavy atom. The highest BCUT2D eigenvalue weighted by Gasteiger charge is 2.14. The van der Waals surface area contributed by atoms with Crippen molar-refractivity contribution in [3.63, 3.8) is 0 Å². The van der Waals surface area contributed by atoms with Crippen LogP contribution in [-0.4, -0.2) is 23.7 Å². The number of hydrazine groups is 1. The number of amides is 1. The molecule has 1 amide bonds. The summed E-state index contributed by atoms with van der Waals surface area (Å²) in [7, 11) is 0. The van der Waals surface area contributed by atoms with Gasteiger partial charge in [-0.3, -0.25) is 15.6 Å². The third-order valence-electron chi connectivity index (χ3n) is 3.04. The molecule has 1 atom stereocenters. The number of rotatable bonds is 4. The van der Waals surface area contributed by atoms with Crippen LogP contribution in [0, 0.1) is 0 Å². The van der Waals surface area contributed by atoms with E-state index in [0.717, 1.165) is 10.8 Å². The van der Waals surface area contributed by atoms with E-state index in [1.165, 1.54) is 0 Å². The van der Waals surface area contributed by atoms with Gasteiger partial charge in [-0.1, -0.05) is 30.3 Å². The highest BCUT2D eigenvalue weighted by atomic mass is 32.1. The molecule has 6 heteroatoms. The first-order valence-corrected chi connectivity index (χ1v) is 7.50. The average Bonchev–Trinajstić information content (AvgIpc) is 2.52. The van der Waals surface area contributed by atoms with E-state index in [0.29, 0.717) is 17.4 Å². The summed E-state index contributed by atoms with van der Waals surface area (Å²) >= 11 is 4.96. The second kappa shape index (κ2) is 7.61. The van der Waals surface area contributed by atoms with Gasteiger partial charge in [0.1, 0.15) is 5.75 Å². The number of nitrogens with one attached hydrogen (secondary N) is 3. The summed E-state index contributed by atoms with van der Waals surface area (Å²) in [5, 5.41) is 5.44. The Morgan fingerprint density at radius 2 is 1.91 bits per heavy atom. The first kappa shape index (κ1) is 16.0. The molecule has 0 aliphatic rings. The standard InChI is InChI=1S/C16H19N3O2S/c1-3-17-16(22)19-18-15(20)11(2)21-14-9-8-12-6-4-5-7-13(12)10-14/h4-11H,3H2,1-2H3,(H,18,20)(H2,17,19,22). The van der Waals surface area contributed by atoms with E-state index in [1.54, 1.807) is 6.92 Å². The number of ether oxygens (including phenoxy) is 1. The second-order valence-corrected chi connectivity index (χ2v) is 5.15. The Kier molecular flexibility index (Phi) is 5.55. The van der Waals surface area contributed by atoms with Crippen LogP contribution in [0.15, 0.2) is 42.5 Å². The molecule has 0 aliphatic heterocycles. The quantitative estimate of drug-likeness (QED) is 0.595. The van der Waals surface area contributed by atoms with E-state index >= 15 is 0 Å². The van der Waals surface area contributed by atoms with Crippen LogP contribution in [0.1, 0.15) is 13.8 Å². The summed E-state index contributed by atoms with van der Waals surface area (Å²) < 4.78 is 5.66. The van der Waals surface area contributed by atoms with Gasteiger partial charge in [0, 0.05) is 6.54 Å². The van der Waals surface area contributed by atoms with Crippen molar-refractivity contribution in [3.05, 3.63) is 42.5 Å². The highest BCUT2D eigenvalue weighted by molar-refractivity contribution is 7.80. The van der Waals surface area contributed by atoms with E-state index in [2.05, 4.69) is 16.2 Å². The molecule has 116 valence electrons. The summed E-state index contributed by atoms with van der Waals surface area (Å²) in [4.78, 5) is 11.9. The van der Waals surface area contributed by atoms with Gasteiger partial charge < -0.3 is 10.1 Å². The minimum absolute atomic E-state index is 0.298. The normalized spacial score (nSPS) is 11.5. The zero-order valence-corrected chi connectivity index (χ0v) is 13.4. The van der Waals surface area contributed by atoms with E-state index in [4.69, 9.17) is 17.0 Å². The number of carbonyl (C=O) groups excluding carboxylic acids is 1. The summed E-state index contributed by atoms with van der Waals surface area (Å²) in [6, 6.07) is 13.7. The molecule has 0 fully saturated rings. The van der Waals surface area contributed by atoms with Crippen LogP contribution < -0.4 is 20.9 Å². The lowest BCUT2D eigenvalue weighted by atomic mass is 10.1. The molecule has 0 spiro atoms. The van der Waals surface area contributed by atoms with E-state index < -0.39 is 6.10 Å². The van der Waals surface area contributed by atoms with Gasteiger partial charge in [-0.05, 0) is 49.0 Å². The monoisotopic (exact) mass is 317 g/mol. The highest BCUT2D eigenvalue weighted by Crippen LogP contribution is 2.21. The van der Waals surface area contributed by atoms with E-state index in [9.17, 15) is 4.79 Å². The maximum atomic E-state index is 11.9. The predicted octanol–water partition coefficient (Wildman–Crippen LogP) is 2.12. The van der Waals surface area contributed by atoms with Gasteiger partial charge in [-0.2, -0.15) is 0 Å². The lowest BCUT2D eigenvalue weighted by Gasteiger charge is -2.16. The van der Waals surface area contributed by atoms with Crippen molar-refractivity contribution in [2.75, 3.05) is 6.54 Å². The molecule has 2 rings (SSSR count). The fourth-order valence-electron chi connectivity index (χ4n) is 1.92. The van der Waals surface area contributed by atoms with Crippen molar-refractivity contribution >= 4 is 34.0 Å². The third-order valence-corrected chi connectivity index (χ3v) is 3.29. The Labute approximate surface area is 135 Å². The van der Waals surface area contributed by atoms with Crippen molar-refractivity contribution in [1.82, 2.24) is 16.2 Å². The van der Waals surface area contributed by atoms with Gasteiger partial charge in [0.2, 0.25) is 0 Å². The second-order valence-electron chi connectivity index (χ2n) is 4.74. The average molecular weight is 317 g/mol. The van der Waals surface area contributed by atoms with Crippen LogP contribution in [0.2, 0.25) is 0 Å². The largest absolute Gasteiger partial charge is 0.481 e. The number of benzene rings is 2. The number of fused-ring (bicyclic) bond motifs is 1. The van der Waals surface area contributed by atoms with Crippen LogP contribution in [0.4, 0.5) is 0 Å². The summed E-state index contributed by atoms with van der Waals surface area (Å²) in [6.45, 7) is 4.29. The van der Waals surface area contributed by atoms with Gasteiger partial charge in [0.25, 0.3) is 5.91 Å². The van der Waals surface area contributed by atoms with Crippen LogP contribution in [0.5, 0.6) is 5.75 Å². The Balaban J connectivity index is 1.93. The van der Waals surface area contributed by atoms with Gasteiger partial charge in [-0.15, -0.1) is 0 Å². The van der Waals surface area contributed by atoms with Gasteiger partial charge in [-0.25, -0.2) is 0 Å². The maximum Gasteiger partial charge on any atom is 0.279 e. The molecule has 0 bridgehead atoms. The molecule has 0 saturated heterocycles. The van der Waals surface area contributed by atoms with Crippen LogP contribution in [0.25, 0.3) is 10.8 Å². The first-order valence-electron chi connectivity index (χ1n) is 7.09. The van der Waals surface area contributed by atoms with Crippen LogP contribution in [-0.2, 0) is 4.79 Å². The zero-order chi connectivity index (χ0) is 15.9. The molecule has 2 aromatic rings. The lowest BCUT2D eigenvalue weighted by Crippen LogP contribution is -2.50. The maximum absolute atomic E-state index is 11.9. The molecule has 2 aromatic carbocycles. The molecular formula is C16H19N3O2S. The molecule has 5 nitrogen and oxygen atoms in total. The zero-order valence-electron chi connectivity index (χ0n) is 12.6. The molecule has 3 N–H and O–H groups in total. The van der Waals surface area contributed by atoms with Crippen LogP contribution in [0.3, 0.4) is 0 Å². The fourth-order valence-corrected chi connectivity index (χ4v) is 2.12. The van der Waals surface area contributed by atoms with Gasteiger partial charge >= 0.3 is 0 Å². The van der Waals surface area contributed by atoms with Crippen molar-refractivity contribution < 1.29 is 9.53 Å². The smallest absolute Gasteiger partial charge is 0.279 e. The fraction of sp³-hybridized carbons (Fsp3) is 0.250. The molecule has 0 aromatic heterocycles. The molecule has 0 saturated carbocycles. The molecule has 1 unspecified atom stereocenters. The SMILES string of the molecule is CCNC(=S)NNC(=O)C(C)Oc1ccc2ccccc2c1. The van der Waals surface area contributed by atoms with Crippen molar-refractivity contribution in [2.24, 2.45) is 0 Å². The summed E-state index contributed by atoms with van der Waals surface area (Å²) in [6.07, 6.45) is -0.641. The summed E-state index contributed by atoms with van der Waals surface area (Å²) in [5.41, 5.74) is 5.13. The first-order chi connectivity index (χ1) is 10.6. The molecule has 0 aliphatic carbocycles. The van der Waals surface area contributed by atoms with Crippen molar-refractivity contribution in [3.8, 4) is 5.75 Å². The number of hydrogen-bond acceptors (Lipinski definition) is 3. The lowest BCUT2D eigenvalue weighted by molar-refractivity contribution is -0.127. The van der Waals surface area contributed by atoms with Crippen molar-refractivity contribution in [1.29, 1.82) is 0 Å². The third kappa shape index (κ3) is 4.33. The van der Waals surface area contributed by atoms with E-state index in [1.807, 2.05) is 49.4 Å². The molecule has 0 radical (unpaired) electrons. The van der Waals surface area contributed by atoms with Gasteiger partial charge in [0.15, 0.2) is 11.2 Å². The van der Waals surface area contributed by atoms with Crippen LogP contribution >= 0.6 is 12.2 Å². The Morgan fingerprint density at radius 3 is 2.64 bits per heavy atom.